The molecule has 0 aliphatic heterocycles. The van der Waals surface area contributed by atoms with E-state index in [2.05, 4.69) is 0 Å². The van der Waals surface area contributed by atoms with Crippen molar-refractivity contribution in [1.82, 2.24) is 9.47 Å². The highest BCUT2D eigenvalue weighted by molar-refractivity contribution is 7.09. The van der Waals surface area contributed by atoms with Crippen LogP contribution >= 0.6 is 34.5 Å². The van der Waals surface area contributed by atoms with Crippen molar-refractivity contribution >= 4 is 40.4 Å². The number of carbonyl (C=O) groups is 1. The zero-order chi connectivity index (χ0) is 17.1. The standard InChI is InChI=1S/C18H16Cl2N2OS/c1-21-8-2-4-14(21)11-22(12-15-5-3-9-24-15)18(23)13-6-7-16(19)17(20)10-13/h2-10H,11-12H2,1H3. The van der Waals surface area contributed by atoms with Gasteiger partial charge in [0.05, 0.1) is 23.1 Å². The molecule has 6 heteroatoms. The molecule has 0 radical (unpaired) electrons. The summed E-state index contributed by atoms with van der Waals surface area (Å²) in [6, 6.07) is 13.0. The van der Waals surface area contributed by atoms with Gasteiger partial charge in [0, 0.05) is 29.4 Å². The van der Waals surface area contributed by atoms with Crippen LogP contribution in [0.4, 0.5) is 0 Å². The van der Waals surface area contributed by atoms with Gasteiger partial charge in [-0.25, -0.2) is 0 Å². The quantitative estimate of drug-likeness (QED) is 0.596. The minimum Gasteiger partial charge on any atom is -0.353 e. The minimum atomic E-state index is -0.0665. The first-order valence-corrected chi connectivity index (χ1v) is 9.05. The molecule has 124 valence electrons. The highest BCUT2D eigenvalue weighted by Gasteiger charge is 2.19. The summed E-state index contributed by atoms with van der Waals surface area (Å²) in [4.78, 5) is 15.9. The summed E-state index contributed by atoms with van der Waals surface area (Å²) in [6.45, 7) is 1.09. The number of aromatic nitrogens is 1. The number of halogens is 2. The van der Waals surface area contributed by atoms with Crippen LogP contribution in [0, 0.1) is 0 Å². The highest BCUT2D eigenvalue weighted by atomic mass is 35.5. The largest absolute Gasteiger partial charge is 0.353 e. The minimum absolute atomic E-state index is 0.0665. The molecule has 0 spiro atoms. The van der Waals surface area contributed by atoms with Gasteiger partial charge in [0.15, 0.2) is 0 Å². The lowest BCUT2D eigenvalue weighted by Gasteiger charge is -2.23. The van der Waals surface area contributed by atoms with Gasteiger partial charge in [0.25, 0.3) is 5.91 Å². The molecule has 3 aromatic rings. The van der Waals surface area contributed by atoms with E-state index < -0.39 is 0 Å². The Morgan fingerprint density at radius 1 is 1.12 bits per heavy atom. The highest BCUT2D eigenvalue weighted by Crippen LogP contribution is 2.24. The summed E-state index contributed by atoms with van der Waals surface area (Å²) in [5.41, 5.74) is 1.61. The molecule has 0 aliphatic carbocycles. The van der Waals surface area contributed by atoms with E-state index >= 15 is 0 Å². The Labute approximate surface area is 155 Å². The summed E-state index contributed by atoms with van der Waals surface area (Å²) in [7, 11) is 1.97. The van der Waals surface area contributed by atoms with Crippen LogP contribution in [0.5, 0.6) is 0 Å². The Balaban J connectivity index is 1.89. The van der Waals surface area contributed by atoms with Gasteiger partial charge in [-0.2, -0.15) is 0 Å². The van der Waals surface area contributed by atoms with Crippen LogP contribution in [-0.2, 0) is 20.1 Å². The molecule has 2 aromatic heterocycles. The van der Waals surface area contributed by atoms with Crippen molar-refractivity contribution in [2.24, 2.45) is 7.05 Å². The third kappa shape index (κ3) is 3.83. The third-order valence-corrected chi connectivity index (χ3v) is 5.38. The smallest absolute Gasteiger partial charge is 0.254 e. The maximum absolute atomic E-state index is 13.0. The summed E-state index contributed by atoms with van der Waals surface area (Å²) in [5, 5.41) is 2.84. The number of amides is 1. The van der Waals surface area contributed by atoms with E-state index in [1.165, 1.54) is 0 Å². The number of carbonyl (C=O) groups excluding carboxylic acids is 1. The SMILES string of the molecule is Cn1cccc1CN(Cc1cccs1)C(=O)c1ccc(Cl)c(Cl)c1. The van der Waals surface area contributed by atoms with Gasteiger partial charge in [-0.15, -0.1) is 11.3 Å². The normalized spacial score (nSPS) is 10.8. The molecule has 0 atom stereocenters. The summed E-state index contributed by atoms with van der Waals surface area (Å²) < 4.78 is 2.02. The molecule has 24 heavy (non-hydrogen) atoms. The second-order valence-electron chi connectivity index (χ2n) is 5.48. The summed E-state index contributed by atoms with van der Waals surface area (Å²) in [5.74, 6) is -0.0665. The second kappa shape index (κ2) is 7.43. The van der Waals surface area contributed by atoms with Crippen molar-refractivity contribution < 1.29 is 4.79 Å². The third-order valence-electron chi connectivity index (χ3n) is 3.78. The van der Waals surface area contributed by atoms with Gasteiger partial charge in [0.2, 0.25) is 0 Å². The van der Waals surface area contributed by atoms with Gasteiger partial charge < -0.3 is 9.47 Å². The van der Waals surface area contributed by atoms with Crippen LogP contribution in [0.15, 0.2) is 54.0 Å². The van der Waals surface area contributed by atoms with Gasteiger partial charge in [0.1, 0.15) is 0 Å². The fourth-order valence-electron chi connectivity index (χ4n) is 2.46. The average Bonchev–Trinajstić information content (AvgIpc) is 3.21. The number of hydrogen-bond acceptors (Lipinski definition) is 2. The number of nitrogens with zero attached hydrogens (tertiary/aromatic N) is 2. The van der Waals surface area contributed by atoms with E-state index in [1.54, 1.807) is 29.5 Å². The number of benzene rings is 1. The Morgan fingerprint density at radius 3 is 2.58 bits per heavy atom. The van der Waals surface area contributed by atoms with Crippen LogP contribution in [0.3, 0.4) is 0 Å². The van der Waals surface area contributed by atoms with E-state index in [4.69, 9.17) is 23.2 Å². The molecule has 0 N–H and O–H groups in total. The Kier molecular flexibility index (Phi) is 5.29. The molecule has 0 unspecified atom stereocenters. The second-order valence-corrected chi connectivity index (χ2v) is 7.33. The molecule has 0 saturated carbocycles. The molecular formula is C18H16Cl2N2OS. The number of hydrogen-bond donors (Lipinski definition) is 0. The Morgan fingerprint density at radius 2 is 1.96 bits per heavy atom. The zero-order valence-corrected chi connectivity index (χ0v) is 15.4. The van der Waals surface area contributed by atoms with E-state index in [-0.39, 0.29) is 5.91 Å². The molecule has 0 bridgehead atoms. The topological polar surface area (TPSA) is 25.2 Å². The molecule has 1 aromatic carbocycles. The predicted molar refractivity (Wildman–Crippen MR) is 99.8 cm³/mol. The predicted octanol–water partition coefficient (Wildman–Crippen LogP) is 5.24. The first-order valence-electron chi connectivity index (χ1n) is 7.41. The van der Waals surface area contributed by atoms with Crippen LogP contribution in [0.25, 0.3) is 0 Å². The van der Waals surface area contributed by atoms with Crippen molar-refractivity contribution in [3.8, 4) is 0 Å². The molecular weight excluding hydrogens is 363 g/mol. The molecule has 0 fully saturated rings. The van der Waals surface area contributed by atoms with Crippen LogP contribution in [0.2, 0.25) is 10.0 Å². The lowest BCUT2D eigenvalue weighted by atomic mass is 10.2. The van der Waals surface area contributed by atoms with Gasteiger partial charge >= 0.3 is 0 Å². The van der Waals surface area contributed by atoms with Crippen molar-refractivity contribution in [2.75, 3.05) is 0 Å². The molecule has 0 aliphatic rings. The monoisotopic (exact) mass is 378 g/mol. The van der Waals surface area contributed by atoms with E-state index in [9.17, 15) is 4.79 Å². The van der Waals surface area contributed by atoms with Crippen molar-refractivity contribution in [3.63, 3.8) is 0 Å². The first-order chi connectivity index (χ1) is 11.5. The fraction of sp³-hybridized carbons (Fsp3) is 0.167. The summed E-state index contributed by atoms with van der Waals surface area (Å²) in [6.07, 6.45) is 1.97. The average molecular weight is 379 g/mol. The maximum Gasteiger partial charge on any atom is 0.254 e. The molecule has 1 amide bonds. The van der Waals surface area contributed by atoms with E-state index in [1.807, 2.05) is 52.4 Å². The molecule has 3 rings (SSSR count). The van der Waals surface area contributed by atoms with Crippen LogP contribution in [-0.4, -0.2) is 15.4 Å². The zero-order valence-electron chi connectivity index (χ0n) is 13.1. The van der Waals surface area contributed by atoms with Crippen molar-refractivity contribution in [3.05, 3.63) is 80.2 Å². The van der Waals surface area contributed by atoms with E-state index in [0.29, 0.717) is 28.7 Å². The Hall–Kier alpha value is -1.75. The Bertz CT molecular complexity index is 843. The van der Waals surface area contributed by atoms with E-state index in [0.717, 1.165) is 10.6 Å². The first kappa shape index (κ1) is 17.1. The number of rotatable bonds is 5. The fourth-order valence-corrected chi connectivity index (χ4v) is 3.48. The van der Waals surface area contributed by atoms with Gasteiger partial charge in [-0.3, -0.25) is 4.79 Å². The van der Waals surface area contributed by atoms with Crippen molar-refractivity contribution in [1.29, 1.82) is 0 Å². The maximum atomic E-state index is 13.0. The van der Waals surface area contributed by atoms with Crippen LogP contribution < -0.4 is 0 Å². The molecule has 3 nitrogen and oxygen atoms in total. The lowest BCUT2D eigenvalue weighted by Crippen LogP contribution is -2.30. The van der Waals surface area contributed by atoms with Gasteiger partial charge in [-0.1, -0.05) is 29.3 Å². The lowest BCUT2D eigenvalue weighted by molar-refractivity contribution is 0.0728. The van der Waals surface area contributed by atoms with Gasteiger partial charge in [-0.05, 0) is 41.8 Å². The van der Waals surface area contributed by atoms with Crippen molar-refractivity contribution in [2.45, 2.75) is 13.1 Å². The summed E-state index contributed by atoms with van der Waals surface area (Å²) >= 11 is 13.7. The number of aryl methyl sites for hydroxylation is 1. The van der Waals surface area contributed by atoms with Crippen LogP contribution in [0.1, 0.15) is 20.9 Å². The molecule has 0 saturated heterocycles. The number of thiophene rings is 1. The molecule has 2 heterocycles.